The first-order valence-corrected chi connectivity index (χ1v) is 7.95. The standard InChI is InChI=1S/C13H13N.C10H10/c14-13(11-7-3-1-4-8-11)12-9-5-2-6-10-12;1-3-9-7-5-6-8-10(9)4-2/h1-10,13H,14H2;3-8H,1-2H2. The molecule has 1 nitrogen and oxygen atoms in total. The molecule has 0 aliphatic carbocycles. The van der Waals surface area contributed by atoms with Gasteiger partial charge in [-0.2, -0.15) is 0 Å². The molecule has 0 amide bonds. The molecule has 0 saturated carbocycles. The second-order valence-electron chi connectivity index (χ2n) is 5.34. The lowest BCUT2D eigenvalue weighted by molar-refractivity contribution is 0.871. The summed E-state index contributed by atoms with van der Waals surface area (Å²) in [7, 11) is 0. The minimum Gasteiger partial charge on any atom is -0.320 e. The van der Waals surface area contributed by atoms with Crippen LogP contribution in [-0.2, 0) is 0 Å². The number of nitrogens with two attached hydrogens (primary N) is 1. The zero-order valence-electron chi connectivity index (χ0n) is 13.8. The summed E-state index contributed by atoms with van der Waals surface area (Å²) >= 11 is 0. The Morgan fingerprint density at radius 3 is 1.25 bits per heavy atom. The number of rotatable bonds is 4. The number of benzene rings is 3. The highest BCUT2D eigenvalue weighted by Gasteiger charge is 2.06. The van der Waals surface area contributed by atoms with Crippen LogP contribution in [0.2, 0.25) is 0 Å². The topological polar surface area (TPSA) is 26.0 Å². The predicted molar refractivity (Wildman–Crippen MR) is 106 cm³/mol. The van der Waals surface area contributed by atoms with Crippen LogP contribution in [0.1, 0.15) is 28.3 Å². The lowest BCUT2D eigenvalue weighted by Gasteiger charge is -2.11. The first-order valence-electron chi connectivity index (χ1n) is 7.95. The lowest BCUT2D eigenvalue weighted by atomic mass is 10.00. The average Bonchev–Trinajstić information content (AvgIpc) is 2.69. The minimum atomic E-state index is -0.0163. The van der Waals surface area contributed by atoms with E-state index in [0.29, 0.717) is 0 Å². The van der Waals surface area contributed by atoms with E-state index in [1.807, 2.05) is 72.8 Å². The van der Waals surface area contributed by atoms with Crippen LogP contribution in [0, 0.1) is 0 Å². The van der Waals surface area contributed by atoms with Crippen LogP contribution in [0.15, 0.2) is 98.1 Å². The summed E-state index contributed by atoms with van der Waals surface area (Å²) in [5.41, 5.74) is 10.7. The van der Waals surface area contributed by atoms with Gasteiger partial charge >= 0.3 is 0 Å². The Bertz CT molecular complexity index is 694. The lowest BCUT2D eigenvalue weighted by Crippen LogP contribution is -2.11. The van der Waals surface area contributed by atoms with E-state index < -0.39 is 0 Å². The van der Waals surface area contributed by atoms with Crippen LogP contribution in [0.25, 0.3) is 12.2 Å². The molecule has 3 aromatic carbocycles. The third-order valence-electron chi connectivity index (χ3n) is 3.75. The molecule has 0 heterocycles. The van der Waals surface area contributed by atoms with Crippen molar-refractivity contribution in [2.75, 3.05) is 0 Å². The molecule has 0 fully saturated rings. The fourth-order valence-corrected chi connectivity index (χ4v) is 2.40. The molecule has 0 unspecified atom stereocenters. The van der Waals surface area contributed by atoms with Gasteiger partial charge in [-0.3, -0.25) is 0 Å². The molecule has 0 bridgehead atoms. The summed E-state index contributed by atoms with van der Waals surface area (Å²) in [4.78, 5) is 0. The van der Waals surface area contributed by atoms with Crippen LogP contribution in [0.3, 0.4) is 0 Å². The van der Waals surface area contributed by atoms with Crippen molar-refractivity contribution in [1.29, 1.82) is 0 Å². The summed E-state index contributed by atoms with van der Waals surface area (Å²) < 4.78 is 0. The maximum atomic E-state index is 6.12. The van der Waals surface area contributed by atoms with Gasteiger partial charge in [-0.15, -0.1) is 0 Å². The first kappa shape index (κ1) is 17.5. The van der Waals surface area contributed by atoms with Gasteiger partial charge in [-0.1, -0.05) is 110 Å². The highest BCUT2D eigenvalue weighted by atomic mass is 14.6. The molecule has 0 aliphatic rings. The fraction of sp³-hybridized carbons (Fsp3) is 0.0435. The van der Waals surface area contributed by atoms with E-state index in [-0.39, 0.29) is 6.04 Å². The van der Waals surface area contributed by atoms with Crippen LogP contribution >= 0.6 is 0 Å². The van der Waals surface area contributed by atoms with E-state index in [1.165, 1.54) is 0 Å². The van der Waals surface area contributed by atoms with Gasteiger partial charge in [0.25, 0.3) is 0 Å². The van der Waals surface area contributed by atoms with Gasteiger partial charge in [0.15, 0.2) is 0 Å². The Labute approximate surface area is 144 Å². The molecule has 0 saturated heterocycles. The summed E-state index contributed by atoms with van der Waals surface area (Å²) in [5.74, 6) is 0. The quantitative estimate of drug-likeness (QED) is 0.656. The normalized spacial score (nSPS) is 9.75. The second-order valence-corrected chi connectivity index (χ2v) is 5.34. The van der Waals surface area contributed by atoms with Crippen LogP contribution in [0.4, 0.5) is 0 Å². The second kappa shape index (κ2) is 9.29. The van der Waals surface area contributed by atoms with Gasteiger partial charge in [0.2, 0.25) is 0 Å². The van der Waals surface area contributed by atoms with Gasteiger partial charge < -0.3 is 5.73 Å². The van der Waals surface area contributed by atoms with E-state index in [1.54, 1.807) is 0 Å². The fourth-order valence-electron chi connectivity index (χ4n) is 2.40. The Morgan fingerprint density at radius 1 is 0.583 bits per heavy atom. The van der Waals surface area contributed by atoms with E-state index in [2.05, 4.69) is 37.4 Å². The Kier molecular flexibility index (Phi) is 6.75. The van der Waals surface area contributed by atoms with Crippen LogP contribution in [0.5, 0.6) is 0 Å². The van der Waals surface area contributed by atoms with Crippen molar-refractivity contribution >= 4 is 12.2 Å². The highest BCUT2D eigenvalue weighted by Crippen LogP contribution is 2.18. The average molecular weight is 313 g/mol. The first-order chi connectivity index (χ1) is 11.8. The van der Waals surface area contributed by atoms with E-state index >= 15 is 0 Å². The molecular weight excluding hydrogens is 290 g/mol. The minimum absolute atomic E-state index is 0.0163. The Morgan fingerprint density at radius 2 is 0.917 bits per heavy atom. The number of hydrogen-bond acceptors (Lipinski definition) is 1. The molecule has 2 N–H and O–H groups in total. The molecular formula is C23H23N. The van der Waals surface area contributed by atoms with E-state index in [4.69, 9.17) is 5.73 Å². The summed E-state index contributed by atoms with van der Waals surface area (Å²) in [5, 5.41) is 0. The highest BCUT2D eigenvalue weighted by molar-refractivity contribution is 5.63. The molecule has 0 aliphatic heterocycles. The molecule has 120 valence electrons. The Hall–Kier alpha value is -2.90. The maximum Gasteiger partial charge on any atom is 0.0551 e. The van der Waals surface area contributed by atoms with Crippen LogP contribution < -0.4 is 5.73 Å². The summed E-state index contributed by atoms with van der Waals surface area (Å²) in [6.45, 7) is 7.38. The monoisotopic (exact) mass is 313 g/mol. The van der Waals surface area contributed by atoms with Gasteiger partial charge in [-0.25, -0.2) is 0 Å². The zero-order chi connectivity index (χ0) is 17.2. The third kappa shape index (κ3) is 4.80. The van der Waals surface area contributed by atoms with Crippen molar-refractivity contribution < 1.29 is 0 Å². The largest absolute Gasteiger partial charge is 0.320 e. The van der Waals surface area contributed by atoms with Gasteiger partial charge in [0, 0.05) is 0 Å². The van der Waals surface area contributed by atoms with Crippen molar-refractivity contribution in [3.63, 3.8) is 0 Å². The molecule has 0 aromatic heterocycles. The maximum absolute atomic E-state index is 6.12. The van der Waals surface area contributed by atoms with Gasteiger partial charge in [-0.05, 0) is 22.3 Å². The van der Waals surface area contributed by atoms with Crippen LogP contribution in [-0.4, -0.2) is 0 Å². The molecule has 3 rings (SSSR count). The van der Waals surface area contributed by atoms with Crippen molar-refractivity contribution in [2.45, 2.75) is 6.04 Å². The number of hydrogen-bond donors (Lipinski definition) is 1. The summed E-state index contributed by atoms with van der Waals surface area (Å²) in [6.07, 6.45) is 3.66. The zero-order valence-corrected chi connectivity index (χ0v) is 13.8. The third-order valence-corrected chi connectivity index (χ3v) is 3.75. The van der Waals surface area contributed by atoms with E-state index in [9.17, 15) is 0 Å². The van der Waals surface area contributed by atoms with Crippen molar-refractivity contribution in [3.05, 3.63) is 120 Å². The van der Waals surface area contributed by atoms with E-state index in [0.717, 1.165) is 22.3 Å². The van der Waals surface area contributed by atoms with Crippen molar-refractivity contribution in [3.8, 4) is 0 Å². The molecule has 0 atom stereocenters. The van der Waals surface area contributed by atoms with Gasteiger partial charge in [0.1, 0.15) is 0 Å². The molecule has 0 spiro atoms. The molecule has 0 radical (unpaired) electrons. The van der Waals surface area contributed by atoms with Crippen molar-refractivity contribution in [1.82, 2.24) is 0 Å². The van der Waals surface area contributed by atoms with Gasteiger partial charge in [0.05, 0.1) is 6.04 Å². The smallest absolute Gasteiger partial charge is 0.0551 e. The molecule has 24 heavy (non-hydrogen) atoms. The summed E-state index contributed by atoms with van der Waals surface area (Å²) in [6, 6.07) is 28.3. The van der Waals surface area contributed by atoms with Crippen molar-refractivity contribution in [2.24, 2.45) is 5.73 Å². The Balaban J connectivity index is 0.000000185. The molecule has 1 heteroatoms. The predicted octanol–water partition coefficient (Wildman–Crippen LogP) is 5.71. The SMILES string of the molecule is C=Cc1ccccc1C=C.NC(c1ccccc1)c1ccccc1. The molecule has 3 aromatic rings.